The summed E-state index contributed by atoms with van der Waals surface area (Å²) in [5.41, 5.74) is 1.92. The summed E-state index contributed by atoms with van der Waals surface area (Å²) in [5, 5.41) is 3.19. The number of thiophene rings is 1. The van der Waals surface area contributed by atoms with Crippen LogP contribution in [0.4, 0.5) is 0 Å². The molecule has 0 spiro atoms. The minimum atomic E-state index is -3.44. The molecule has 0 atom stereocenters. The van der Waals surface area contributed by atoms with E-state index in [-0.39, 0.29) is 4.21 Å². The van der Waals surface area contributed by atoms with E-state index in [1.165, 1.54) is 0 Å². The second-order valence-corrected chi connectivity index (χ2v) is 7.81. The van der Waals surface area contributed by atoms with Crippen LogP contribution in [-0.2, 0) is 10.0 Å². The standard InChI is InChI=1S/C11H15ClN2O2S2/c1-8-6-10(17-11(8)12)18(15,16)14-7-9-2-4-13-5-3-9/h2,6,13-14H,3-5,7H2,1H3. The van der Waals surface area contributed by atoms with Gasteiger partial charge in [-0.1, -0.05) is 23.3 Å². The average molecular weight is 307 g/mol. The maximum atomic E-state index is 12.0. The summed E-state index contributed by atoms with van der Waals surface area (Å²) < 4.78 is 27.5. The van der Waals surface area contributed by atoms with Crippen LogP contribution in [0.5, 0.6) is 0 Å². The first-order valence-electron chi connectivity index (χ1n) is 5.63. The molecule has 2 rings (SSSR count). The van der Waals surface area contributed by atoms with E-state index in [1.807, 2.05) is 6.08 Å². The third kappa shape index (κ3) is 3.33. The summed E-state index contributed by atoms with van der Waals surface area (Å²) in [4.78, 5) is 0. The van der Waals surface area contributed by atoms with Crippen molar-refractivity contribution in [2.75, 3.05) is 19.6 Å². The predicted octanol–water partition coefficient (Wildman–Crippen LogP) is 1.91. The molecule has 4 nitrogen and oxygen atoms in total. The third-order valence-corrected chi connectivity index (χ3v) is 6.18. The van der Waals surface area contributed by atoms with Crippen LogP contribution in [0, 0.1) is 6.92 Å². The molecular weight excluding hydrogens is 292 g/mol. The number of nitrogens with one attached hydrogen (secondary N) is 2. The van der Waals surface area contributed by atoms with Gasteiger partial charge in [0.05, 0.1) is 4.34 Å². The maximum absolute atomic E-state index is 12.0. The van der Waals surface area contributed by atoms with Crippen LogP contribution in [0.3, 0.4) is 0 Å². The van der Waals surface area contributed by atoms with Crippen molar-refractivity contribution in [1.82, 2.24) is 10.0 Å². The maximum Gasteiger partial charge on any atom is 0.250 e. The minimum Gasteiger partial charge on any atom is -0.313 e. The van der Waals surface area contributed by atoms with E-state index in [4.69, 9.17) is 11.6 Å². The average Bonchev–Trinajstić information content (AvgIpc) is 2.70. The highest BCUT2D eigenvalue weighted by atomic mass is 35.5. The summed E-state index contributed by atoms with van der Waals surface area (Å²) in [7, 11) is -3.44. The molecule has 1 aromatic heterocycles. The molecule has 1 aliphatic rings. The summed E-state index contributed by atoms with van der Waals surface area (Å²) in [6.45, 7) is 3.88. The van der Waals surface area contributed by atoms with Gasteiger partial charge in [-0.2, -0.15) is 0 Å². The van der Waals surface area contributed by atoms with E-state index < -0.39 is 10.0 Å². The summed E-state index contributed by atoms with van der Waals surface area (Å²) in [6.07, 6.45) is 2.91. The van der Waals surface area contributed by atoms with Crippen LogP contribution in [0.1, 0.15) is 12.0 Å². The van der Waals surface area contributed by atoms with E-state index in [2.05, 4.69) is 10.0 Å². The molecule has 18 heavy (non-hydrogen) atoms. The van der Waals surface area contributed by atoms with Crippen molar-refractivity contribution in [2.45, 2.75) is 17.6 Å². The highest BCUT2D eigenvalue weighted by Gasteiger charge is 2.18. The van der Waals surface area contributed by atoms with Gasteiger partial charge >= 0.3 is 0 Å². The fraction of sp³-hybridized carbons (Fsp3) is 0.455. The zero-order chi connectivity index (χ0) is 13.2. The molecule has 0 saturated carbocycles. The van der Waals surface area contributed by atoms with Crippen molar-refractivity contribution in [3.8, 4) is 0 Å². The van der Waals surface area contributed by atoms with Crippen molar-refractivity contribution in [3.05, 3.63) is 27.6 Å². The van der Waals surface area contributed by atoms with Crippen LogP contribution in [-0.4, -0.2) is 28.1 Å². The number of rotatable bonds is 4. The number of hydrogen-bond acceptors (Lipinski definition) is 4. The molecule has 0 radical (unpaired) electrons. The molecule has 2 N–H and O–H groups in total. The van der Waals surface area contributed by atoms with E-state index >= 15 is 0 Å². The van der Waals surface area contributed by atoms with Gasteiger partial charge in [0.2, 0.25) is 10.0 Å². The lowest BCUT2D eigenvalue weighted by molar-refractivity contribution is 0.584. The molecule has 0 amide bonds. The zero-order valence-electron chi connectivity index (χ0n) is 9.99. The molecule has 0 saturated heterocycles. The van der Waals surface area contributed by atoms with Gasteiger partial charge in [0.25, 0.3) is 0 Å². The zero-order valence-corrected chi connectivity index (χ0v) is 12.4. The van der Waals surface area contributed by atoms with E-state index in [9.17, 15) is 8.42 Å². The fourth-order valence-corrected chi connectivity index (χ4v) is 4.44. The van der Waals surface area contributed by atoms with Gasteiger partial charge in [0.15, 0.2) is 0 Å². The molecule has 100 valence electrons. The SMILES string of the molecule is Cc1cc(S(=O)(=O)NCC2=CCNCC2)sc1Cl. The van der Waals surface area contributed by atoms with Crippen molar-refractivity contribution in [3.63, 3.8) is 0 Å². The number of sulfonamides is 1. The Hall–Kier alpha value is -0.400. The predicted molar refractivity (Wildman–Crippen MR) is 74.8 cm³/mol. The minimum absolute atomic E-state index is 0.277. The first kappa shape index (κ1) is 14.0. The lowest BCUT2D eigenvalue weighted by Gasteiger charge is -2.14. The first-order chi connectivity index (χ1) is 8.49. The molecule has 7 heteroatoms. The van der Waals surface area contributed by atoms with Crippen molar-refractivity contribution < 1.29 is 8.42 Å². The van der Waals surface area contributed by atoms with Crippen LogP contribution in [0.2, 0.25) is 4.34 Å². The molecule has 1 aliphatic heterocycles. The Labute approximate surface area is 116 Å². The van der Waals surface area contributed by atoms with Crippen LogP contribution in [0.25, 0.3) is 0 Å². The van der Waals surface area contributed by atoms with Gasteiger partial charge in [-0.05, 0) is 31.5 Å². The quantitative estimate of drug-likeness (QED) is 0.836. The van der Waals surface area contributed by atoms with Gasteiger partial charge in [-0.25, -0.2) is 13.1 Å². The van der Waals surface area contributed by atoms with E-state index in [1.54, 1.807) is 13.0 Å². The van der Waals surface area contributed by atoms with Gasteiger partial charge in [0.1, 0.15) is 4.21 Å². The van der Waals surface area contributed by atoms with Crippen molar-refractivity contribution in [1.29, 1.82) is 0 Å². The van der Waals surface area contributed by atoms with Crippen LogP contribution in [0.15, 0.2) is 21.9 Å². The Morgan fingerprint density at radius 2 is 2.33 bits per heavy atom. The van der Waals surface area contributed by atoms with Crippen molar-refractivity contribution >= 4 is 33.0 Å². The smallest absolute Gasteiger partial charge is 0.250 e. The second-order valence-electron chi connectivity index (χ2n) is 4.16. The Kier molecular flexibility index (Phi) is 4.45. The number of halogens is 1. The van der Waals surface area contributed by atoms with Crippen LogP contribution < -0.4 is 10.0 Å². The number of aryl methyl sites for hydroxylation is 1. The summed E-state index contributed by atoms with van der Waals surface area (Å²) in [5.74, 6) is 0. The fourth-order valence-electron chi connectivity index (χ4n) is 1.65. The normalized spacial score (nSPS) is 16.7. The molecule has 0 bridgehead atoms. The van der Waals surface area contributed by atoms with Crippen molar-refractivity contribution in [2.24, 2.45) is 0 Å². The molecular formula is C11H15ClN2O2S2. The lowest BCUT2D eigenvalue weighted by atomic mass is 10.1. The largest absolute Gasteiger partial charge is 0.313 e. The Bertz CT molecular complexity index is 544. The molecule has 2 heterocycles. The summed E-state index contributed by atoms with van der Waals surface area (Å²) >= 11 is 6.98. The highest BCUT2D eigenvalue weighted by Crippen LogP contribution is 2.29. The van der Waals surface area contributed by atoms with E-state index in [0.717, 1.165) is 42.0 Å². The summed E-state index contributed by atoms with van der Waals surface area (Å²) in [6, 6.07) is 1.60. The Balaban J connectivity index is 2.05. The third-order valence-electron chi connectivity index (χ3n) is 2.75. The topological polar surface area (TPSA) is 58.2 Å². The van der Waals surface area contributed by atoms with Gasteiger partial charge in [0, 0.05) is 13.1 Å². The first-order valence-corrected chi connectivity index (χ1v) is 8.31. The number of hydrogen-bond donors (Lipinski definition) is 2. The van der Waals surface area contributed by atoms with E-state index in [0.29, 0.717) is 10.9 Å². The lowest BCUT2D eigenvalue weighted by Crippen LogP contribution is -2.29. The molecule has 0 aromatic carbocycles. The second kappa shape index (κ2) is 5.71. The van der Waals surface area contributed by atoms with Crippen LogP contribution >= 0.6 is 22.9 Å². The molecule has 0 aliphatic carbocycles. The Morgan fingerprint density at radius 1 is 1.56 bits per heavy atom. The monoisotopic (exact) mass is 306 g/mol. The molecule has 0 unspecified atom stereocenters. The van der Waals surface area contributed by atoms with Gasteiger partial charge in [-0.3, -0.25) is 0 Å². The molecule has 1 aromatic rings. The Morgan fingerprint density at radius 3 is 2.89 bits per heavy atom. The molecule has 0 fully saturated rings. The highest BCUT2D eigenvalue weighted by molar-refractivity contribution is 7.91. The van der Waals surface area contributed by atoms with Gasteiger partial charge in [-0.15, -0.1) is 11.3 Å². The van der Waals surface area contributed by atoms with Gasteiger partial charge < -0.3 is 5.32 Å².